The number of thiocarbonyl (C=S) groups is 1. The van der Waals surface area contributed by atoms with E-state index in [1.54, 1.807) is 12.1 Å². The van der Waals surface area contributed by atoms with E-state index >= 15 is 0 Å². The van der Waals surface area contributed by atoms with Gasteiger partial charge in [0, 0.05) is 15.1 Å². The number of hydrazine groups is 1. The largest absolute Gasteiger partial charge is 0.482 e. The number of fused-ring (bicyclic) bond motifs is 1. The summed E-state index contributed by atoms with van der Waals surface area (Å²) in [4.78, 5) is 24.6. The Morgan fingerprint density at radius 1 is 1.07 bits per heavy atom. The Bertz CT molecular complexity index is 1100. The molecule has 0 aliphatic carbocycles. The van der Waals surface area contributed by atoms with Gasteiger partial charge in [-0.3, -0.25) is 25.8 Å². The van der Waals surface area contributed by atoms with Gasteiger partial charge in [-0.1, -0.05) is 53.0 Å². The van der Waals surface area contributed by atoms with Crippen molar-refractivity contribution in [1.82, 2.24) is 16.2 Å². The van der Waals surface area contributed by atoms with E-state index in [4.69, 9.17) is 51.8 Å². The zero-order valence-corrected chi connectivity index (χ0v) is 18.3. The molecule has 0 spiro atoms. The van der Waals surface area contributed by atoms with Gasteiger partial charge in [-0.05, 0) is 36.5 Å². The molecule has 6 nitrogen and oxygen atoms in total. The molecule has 0 bridgehead atoms. The van der Waals surface area contributed by atoms with Gasteiger partial charge in [-0.25, -0.2) is 0 Å². The summed E-state index contributed by atoms with van der Waals surface area (Å²) in [7, 11) is 0. The summed E-state index contributed by atoms with van der Waals surface area (Å²) < 4.78 is 6.19. The Kier molecular flexibility index (Phi) is 7.15. The topological polar surface area (TPSA) is 79.5 Å². The van der Waals surface area contributed by atoms with Crippen molar-refractivity contribution in [3.8, 4) is 5.75 Å². The van der Waals surface area contributed by atoms with Crippen molar-refractivity contribution < 1.29 is 14.3 Å². The van der Waals surface area contributed by atoms with E-state index in [-0.39, 0.29) is 16.7 Å². The summed E-state index contributed by atoms with van der Waals surface area (Å²) in [5.41, 5.74) is 4.85. The molecule has 0 aliphatic heterocycles. The minimum Gasteiger partial charge on any atom is -0.482 e. The molecule has 1 aromatic heterocycles. The maximum Gasteiger partial charge on any atom is 0.281 e. The normalized spacial score (nSPS) is 10.4. The molecule has 3 N–H and O–H groups in total. The highest BCUT2D eigenvalue weighted by atomic mass is 35.5. The van der Waals surface area contributed by atoms with Gasteiger partial charge >= 0.3 is 0 Å². The van der Waals surface area contributed by atoms with Crippen LogP contribution in [0.2, 0.25) is 15.1 Å². The molecule has 3 rings (SSSR count). The standard InChI is InChI=1S/C18H12Cl3N3O3S2/c19-9-5-6-12(11(20)7-9)27-8-14(25)22-18(28)24-23-17(26)16-15(21)10-3-1-2-4-13(10)29-16/h1-7H,8H2,(H,23,26)(H2,22,24,25,28). The first-order valence-corrected chi connectivity index (χ1v) is 10.4. The first-order chi connectivity index (χ1) is 13.8. The highest BCUT2D eigenvalue weighted by Crippen LogP contribution is 2.34. The number of thiophene rings is 1. The number of carbonyl (C=O) groups is 2. The highest BCUT2D eigenvalue weighted by Gasteiger charge is 2.17. The van der Waals surface area contributed by atoms with Crippen LogP contribution in [0, 0.1) is 0 Å². The number of hydrogen-bond donors (Lipinski definition) is 3. The minimum atomic E-state index is -0.539. The predicted molar refractivity (Wildman–Crippen MR) is 120 cm³/mol. The third-order valence-electron chi connectivity index (χ3n) is 3.54. The number of hydrogen-bond acceptors (Lipinski definition) is 5. The van der Waals surface area contributed by atoms with E-state index in [2.05, 4.69) is 16.2 Å². The monoisotopic (exact) mass is 487 g/mol. The number of ether oxygens (including phenoxy) is 1. The summed E-state index contributed by atoms with van der Waals surface area (Å²) in [6.07, 6.45) is 0. The third kappa shape index (κ3) is 5.49. The van der Waals surface area contributed by atoms with Crippen LogP contribution in [-0.2, 0) is 4.79 Å². The number of benzene rings is 2. The average molecular weight is 489 g/mol. The quantitative estimate of drug-likeness (QED) is 0.370. The summed E-state index contributed by atoms with van der Waals surface area (Å²) in [5.74, 6) is -0.711. The number of halogens is 3. The van der Waals surface area contributed by atoms with E-state index in [0.29, 0.717) is 20.7 Å². The molecule has 29 heavy (non-hydrogen) atoms. The van der Waals surface area contributed by atoms with Crippen molar-refractivity contribution in [2.45, 2.75) is 0 Å². The Morgan fingerprint density at radius 3 is 2.55 bits per heavy atom. The van der Waals surface area contributed by atoms with Crippen LogP contribution in [0.15, 0.2) is 42.5 Å². The zero-order valence-electron chi connectivity index (χ0n) is 14.4. The van der Waals surface area contributed by atoms with Gasteiger partial charge < -0.3 is 4.74 Å². The van der Waals surface area contributed by atoms with Crippen LogP contribution in [0.3, 0.4) is 0 Å². The van der Waals surface area contributed by atoms with Crippen molar-refractivity contribution in [2.75, 3.05) is 6.61 Å². The molecule has 150 valence electrons. The molecule has 3 aromatic rings. The highest BCUT2D eigenvalue weighted by molar-refractivity contribution is 7.80. The molecular weight excluding hydrogens is 477 g/mol. The lowest BCUT2D eigenvalue weighted by Crippen LogP contribution is -2.49. The molecular formula is C18H12Cl3N3O3S2. The minimum absolute atomic E-state index is 0.105. The van der Waals surface area contributed by atoms with Crippen LogP contribution in [0.1, 0.15) is 9.67 Å². The average Bonchev–Trinajstić information content (AvgIpc) is 3.02. The molecule has 0 unspecified atom stereocenters. The molecule has 0 fully saturated rings. The van der Waals surface area contributed by atoms with Crippen LogP contribution in [0.5, 0.6) is 5.75 Å². The van der Waals surface area contributed by atoms with Crippen molar-refractivity contribution in [3.63, 3.8) is 0 Å². The van der Waals surface area contributed by atoms with Crippen LogP contribution >= 0.6 is 58.4 Å². The number of carbonyl (C=O) groups excluding carboxylic acids is 2. The molecule has 0 saturated carbocycles. The van der Waals surface area contributed by atoms with Crippen LogP contribution in [-0.4, -0.2) is 23.5 Å². The van der Waals surface area contributed by atoms with Gasteiger partial charge in [0.1, 0.15) is 10.6 Å². The maximum absolute atomic E-state index is 12.3. The molecule has 2 amide bonds. The van der Waals surface area contributed by atoms with Crippen molar-refractivity contribution in [1.29, 1.82) is 0 Å². The first-order valence-electron chi connectivity index (χ1n) is 8.00. The second-order valence-corrected chi connectivity index (χ2v) is 8.24. The summed E-state index contributed by atoms with van der Waals surface area (Å²) in [6.45, 7) is -0.334. The molecule has 1 heterocycles. The fourth-order valence-corrected chi connectivity index (χ4v) is 4.30. The van der Waals surface area contributed by atoms with Crippen molar-refractivity contribution in [2.24, 2.45) is 0 Å². The van der Waals surface area contributed by atoms with E-state index in [0.717, 1.165) is 10.1 Å². The summed E-state index contributed by atoms with van der Waals surface area (Å²) >= 11 is 24.3. The number of nitrogens with one attached hydrogen (secondary N) is 3. The van der Waals surface area contributed by atoms with Crippen molar-refractivity contribution >= 4 is 85.4 Å². The second kappa shape index (κ2) is 9.60. The van der Waals surface area contributed by atoms with Gasteiger partial charge in [0.2, 0.25) is 0 Å². The van der Waals surface area contributed by atoms with Gasteiger partial charge in [0.15, 0.2) is 11.7 Å². The van der Waals surface area contributed by atoms with E-state index < -0.39 is 11.8 Å². The molecule has 11 heteroatoms. The summed E-state index contributed by atoms with van der Waals surface area (Å²) in [5, 5.41) is 4.14. The van der Waals surface area contributed by atoms with E-state index in [9.17, 15) is 9.59 Å². The lowest BCUT2D eigenvalue weighted by Gasteiger charge is -2.11. The molecule has 0 atom stereocenters. The first kappa shape index (κ1) is 21.6. The Labute approximate surface area is 190 Å². The molecule has 2 aromatic carbocycles. The summed E-state index contributed by atoms with van der Waals surface area (Å²) in [6, 6.07) is 12.0. The van der Waals surface area contributed by atoms with Crippen LogP contribution < -0.4 is 20.9 Å². The maximum atomic E-state index is 12.3. The van der Waals surface area contributed by atoms with E-state index in [1.165, 1.54) is 17.4 Å². The lowest BCUT2D eigenvalue weighted by molar-refractivity contribution is -0.121. The Balaban J connectivity index is 1.49. The Morgan fingerprint density at radius 2 is 1.83 bits per heavy atom. The predicted octanol–water partition coefficient (Wildman–Crippen LogP) is 4.58. The van der Waals surface area contributed by atoms with Crippen LogP contribution in [0.25, 0.3) is 10.1 Å². The van der Waals surface area contributed by atoms with Gasteiger partial charge in [-0.15, -0.1) is 11.3 Å². The number of rotatable bonds is 4. The van der Waals surface area contributed by atoms with Gasteiger partial charge in [-0.2, -0.15) is 0 Å². The van der Waals surface area contributed by atoms with Crippen molar-refractivity contribution in [3.05, 3.63) is 62.4 Å². The van der Waals surface area contributed by atoms with Crippen LogP contribution in [0.4, 0.5) is 0 Å². The molecule has 0 radical (unpaired) electrons. The fraction of sp³-hybridized carbons (Fsp3) is 0.0556. The SMILES string of the molecule is O=C(COc1ccc(Cl)cc1Cl)NC(=S)NNC(=O)c1sc2ccccc2c1Cl. The third-order valence-corrected chi connectivity index (χ3v) is 5.95. The van der Waals surface area contributed by atoms with Gasteiger partial charge in [0.05, 0.1) is 10.0 Å². The second-order valence-electron chi connectivity index (χ2n) is 5.56. The zero-order chi connectivity index (χ0) is 21.0. The Hall–Kier alpha value is -2.10. The lowest BCUT2D eigenvalue weighted by atomic mass is 10.2. The molecule has 0 aliphatic rings. The smallest absolute Gasteiger partial charge is 0.281 e. The van der Waals surface area contributed by atoms with Gasteiger partial charge in [0.25, 0.3) is 11.8 Å². The molecule has 0 saturated heterocycles. The van der Waals surface area contributed by atoms with E-state index in [1.807, 2.05) is 24.3 Å². The number of amides is 2. The fourth-order valence-electron chi connectivity index (χ4n) is 2.26.